The molecule has 2 aromatic heterocycles. The number of non-ortho nitro benzene ring substituents is 1. The third kappa shape index (κ3) is 3.96. The third-order valence-corrected chi connectivity index (χ3v) is 9.09. The monoisotopic (exact) mass is 614 g/mol. The zero-order valence-corrected chi connectivity index (χ0v) is 23.2. The average molecular weight is 615 g/mol. The van der Waals surface area contributed by atoms with Crippen LogP contribution in [0.15, 0.2) is 53.6 Å². The summed E-state index contributed by atoms with van der Waals surface area (Å²) < 4.78 is 7.20. The molecular weight excluding hydrogens is 588 g/mol. The quantitative estimate of drug-likeness (QED) is 0.0832. The summed E-state index contributed by atoms with van der Waals surface area (Å²) in [7, 11) is 0. The summed E-state index contributed by atoms with van der Waals surface area (Å²) >= 11 is 0. The van der Waals surface area contributed by atoms with E-state index in [0.717, 1.165) is 5.39 Å². The number of nitrogens with one attached hydrogen (secondary N) is 2. The Morgan fingerprint density at radius 2 is 1.78 bits per heavy atom. The van der Waals surface area contributed by atoms with Crippen molar-refractivity contribution in [3.63, 3.8) is 0 Å². The van der Waals surface area contributed by atoms with Crippen LogP contribution in [0, 0.1) is 10.1 Å². The first-order valence-corrected chi connectivity index (χ1v) is 14.3. The minimum Gasteiger partial charge on any atom is -0.394 e. The molecule has 7 atom stereocenters. The molecule has 230 valence electrons. The van der Waals surface area contributed by atoms with Gasteiger partial charge in [0.05, 0.1) is 35.4 Å². The second-order valence-electron chi connectivity index (χ2n) is 11.5. The number of nitro benzene ring substituents is 1. The fraction of sp³-hybridized carbons (Fsp3) is 0.300. The number of aromatic nitrogens is 4. The lowest BCUT2D eigenvalue weighted by molar-refractivity contribution is -0.383. The largest absolute Gasteiger partial charge is 0.394 e. The molecule has 8 rings (SSSR count). The summed E-state index contributed by atoms with van der Waals surface area (Å²) in [4.78, 5) is 35.8. The van der Waals surface area contributed by atoms with Gasteiger partial charge in [0.2, 0.25) is 5.95 Å². The topological polar surface area (TPSA) is 229 Å². The highest BCUT2D eigenvalue weighted by atomic mass is 16.6. The van der Waals surface area contributed by atoms with Crippen molar-refractivity contribution in [1.82, 2.24) is 19.5 Å². The molecule has 1 saturated heterocycles. The van der Waals surface area contributed by atoms with Crippen LogP contribution in [-0.4, -0.2) is 81.0 Å². The normalized spacial score (nSPS) is 26.7. The highest BCUT2D eigenvalue weighted by Gasteiger charge is 2.43. The minimum atomic E-state index is -1.60. The van der Waals surface area contributed by atoms with Crippen molar-refractivity contribution < 1.29 is 35.2 Å². The van der Waals surface area contributed by atoms with E-state index in [1.807, 2.05) is 0 Å². The molecule has 4 aromatic carbocycles. The molecule has 1 fully saturated rings. The van der Waals surface area contributed by atoms with Gasteiger partial charge in [-0.05, 0) is 50.9 Å². The number of hydrogen-bond donors (Lipinski definition) is 7. The van der Waals surface area contributed by atoms with Crippen molar-refractivity contribution in [3.8, 4) is 0 Å². The molecule has 6 aromatic rings. The van der Waals surface area contributed by atoms with Gasteiger partial charge in [-0.2, -0.15) is 4.98 Å². The third-order valence-electron chi connectivity index (χ3n) is 9.09. The number of hydrogen-bond acceptors (Lipinski definition) is 12. The SMILES string of the molecule is O=c1[nH]c(N[C@H]2c3c(cc4ccc5c([N+](=O)[O-])ccc6ccc3c4c65)[C@@H](O)[C@H](O)[C@@H]2O)nc2c1ncn2[C@H]1C[C@H](O)[C@@H](CO)O1. The van der Waals surface area contributed by atoms with Crippen molar-refractivity contribution in [1.29, 1.82) is 0 Å². The van der Waals surface area contributed by atoms with E-state index in [0.29, 0.717) is 38.1 Å². The maximum Gasteiger partial charge on any atom is 0.280 e. The van der Waals surface area contributed by atoms with Gasteiger partial charge in [-0.15, -0.1) is 0 Å². The van der Waals surface area contributed by atoms with Crippen LogP contribution in [0.4, 0.5) is 11.6 Å². The number of benzene rings is 4. The van der Waals surface area contributed by atoms with Crippen LogP contribution in [0.1, 0.15) is 35.9 Å². The molecule has 1 aliphatic carbocycles. The highest BCUT2D eigenvalue weighted by Crippen LogP contribution is 2.47. The number of aromatic amines is 1. The molecule has 0 saturated carbocycles. The van der Waals surface area contributed by atoms with E-state index in [2.05, 4.69) is 20.3 Å². The van der Waals surface area contributed by atoms with E-state index in [1.165, 1.54) is 17.0 Å². The summed E-state index contributed by atoms with van der Waals surface area (Å²) in [6.07, 6.45) is -5.65. The summed E-state index contributed by atoms with van der Waals surface area (Å²) in [6, 6.07) is 10.7. The van der Waals surface area contributed by atoms with Crippen LogP contribution < -0.4 is 10.9 Å². The highest BCUT2D eigenvalue weighted by molar-refractivity contribution is 6.25. The number of H-pyrrole nitrogens is 1. The maximum atomic E-state index is 13.1. The van der Waals surface area contributed by atoms with E-state index in [-0.39, 0.29) is 29.2 Å². The van der Waals surface area contributed by atoms with E-state index in [4.69, 9.17) is 4.74 Å². The van der Waals surface area contributed by atoms with Crippen LogP contribution in [0.2, 0.25) is 0 Å². The molecule has 0 radical (unpaired) electrons. The number of aliphatic hydroxyl groups excluding tert-OH is 5. The van der Waals surface area contributed by atoms with Gasteiger partial charge in [-0.25, -0.2) is 4.98 Å². The van der Waals surface area contributed by atoms with Crippen molar-refractivity contribution in [2.75, 3.05) is 11.9 Å². The molecule has 45 heavy (non-hydrogen) atoms. The van der Waals surface area contributed by atoms with Gasteiger partial charge in [0, 0.05) is 17.9 Å². The Bertz CT molecular complexity index is 2220. The number of nitrogens with zero attached hydrogens (tertiary/aromatic N) is 4. The minimum absolute atomic E-state index is 0.00393. The number of fused-ring (bicyclic) bond motifs is 3. The smallest absolute Gasteiger partial charge is 0.280 e. The van der Waals surface area contributed by atoms with Crippen LogP contribution >= 0.6 is 0 Å². The second-order valence-corrected chi connectivity index (χ2v) is 11.5. The molecule has 1 aliphatic heterocycles. The van der Waals surface area contributed by atoms with E-state index < -0.39 is 59.9 Å². The molecule has 0 bridgehead atoms. The van der Waals surface area contributed by atoms with Crippen LogP contribution in [0.25, 0.3) is 43.5 Å². The number of ether oxygens (including phenoxy) is 1. The summed E-state index contributed by atoms with van der Waals surface area (Å²) in [6.45, 7) is -0.395. The van der Waals surface area contributed by atoms with Crippen molar-refractivity contribution >= 4 is 55.1 Å². The Hall–Kier alpha value is -4.77. The number of rotatable bonds is 5. The fourth-order valence-corrected chi connectivity index (χ4v) is 6.95. The van der Waals surface area contributed by atoms with Crippen LogP contribution in [0.3, 0.4) is 0 Å². The van der Waals surface area contributed by atoms with Gasteiger partial charge < -0.3 is 35.6 Å². The summed E-state index contributed by atoms with van der Waals surface area (Å²) in [5.74, 6) is -0.0774. The molecule has 0 spiro atoms. The van der Waals surface area contributed by atoms with Gasteiger partial charge >= 0.3 is 0 Å². The van der Waals surface area contributed by atoms with Crippen molar-refractivity contribution in [3.05, 3.63) is 80.4 Å². The number of aliphatic hydroxyl groups is 5. The van der Waals surface area contributed by atoms with Crippen molar-refractivity contribution in [2.24, 2.45) is 0 Å². The lowest BCUT2D eigenvalue weighted by Crippen LogP contribution is -2.44. The summed E-state index contributed by atoms with van der Waals surface area (Å²) in [5, 5.41) is 71.7. The van der Waals surface area contributed by atoms with Gasteiger partial charge in [-0.3, -0.25) is 24.5 Å². The van der Waals surface area contributed by atoms with Crippen molar-refractivity contribution in [2.45, 2.75) is 49.2 Å². The Labute approximate surface area is 251 Å². The zero-order chi connectivity index (χ0) is 31.3. The van der Waals surface area contributed by atoms with E-state index >= 15 is 0 Å². The number of nitro groups is 1. The lowest BCUT2D eigenvalue weighted by atomic mass is 9.77. The zero-order valence-electron chi connectivity index (χ0n) is 23.2. The molecule has 2 aliphatic rings. The molecular formula is C30H26N6O9. The first-order valence-electron chi connectivity index (χ1n) is 14.3. The number of imidazole rings is 1. The Morgan fingerprint density at radius 1 is 1.04 bits per heavy atom. The Balaban J connectivity index is 1.30. The molecule has 0 unspecified atom stereocenters. The summed E-state index contributed by atoms with van der Waals surface area (Å²) in [5.41, 5.74) is 0.213. The van der Waals surface area contributed by atoms with Gasteiger partial charge in [0.25, 0.3) is 11.2 Å². The average Bonchev–Trinajstić information content (AvgIpc) is 3.63. The Morgan fingerprint density at radius 3 is 2.53 bits per heavy atom. The first-order chi connectivity index (χ1) is 21.7. The standard InChI is InChI=1S/C30H26N6O9/c37-9-18-17(38)8-19(45-18)35-10-31-24-28(35)33-30(34-29(24)42)32-23-22-14-5-1-11-3-6-16(36(43)44)13-4-2-12(21(14)20(11)13)7-15(22)25(39)27(41)26(23)40/h1-7,10,17-19,23,25-27,37-41H,8-9H2,(H2,32,33,34,42)/t17-,18+,19+,23-,25+,26+,27-/m0/s1. The van der Waals surface area contributed by atoms with Gasteiger partial charge in [0.15, 0.2) is 11.2 Å². The molecule has 15 heteroatoms. The van der Waals surface area contributed by atoms with Gasteiger partial charge in [-0.1, -0.05) is 18.2 Å². The van der Waals surface area contributed by atoms with E-state index in [9.17, 15) is 40.4 Å². The molecule has 15 nitrogen and oxygen atoms in total. The van der Waals surface area contributed by atoms with Gasteiger partial charge in [0.1, 0.15) is 30.6 Å². The van der Waals surface area contributed by atoms with E-state index in [1.54, 1.807) is 36.4 Å². The fourth-order valence-electron chi connectivity index (χ4n) is 6.95. The Kier molecular flexibility index (Phi) is 6.09. The predicted molar refractivity (Wildman–Crippen MR) is 160 cm³/mol. The lowest BCUT2D eigenvalue weighted by Gasteiger charge is -2.38. The number of anilines is 1. The molecule has 3 heterocycles. The molecule has 7 N–H and O–H groups in total. The second kappa shape index (κ2) is 9.87. The maximum absolute atomic E-state index is 13.1. The van der Waals surface area contributed by atoms with Crippen LogP contribution in [-0.2, 0) is 4.74 Å². The predicted octanol–water partition coefficient (Wildman–Crippen LogP) is 1.49. The van der Waals surface area contributed by atoms with Crippen LogP contribution in [0.5, 0.6) is 0 Å². The first kappa shape index (κ1) is 27.8. The molecule has 0 amide bonds.